The molecule has 3 rings (SSSR count). The van der Waals surface area contributed by atoms with Gasteiger partial charge in [-0.15, -0.1) is 0 Å². The van der Waals surface area contributed by atoms with Crippen LogP contribution in [0.2, 0.25) is 0 Å². The van der Waals surface area contributed by atoms with E-state index in [9.17, 15) is 4.79 Å². The predicted octanol–water partition coefficient (Wildman–Crippen LogP) is 1.11. The molecule has 0 saturated carbocycles. The highest BCUT2D eigenvalue weighted by molar-refractivity contribution is 5.66. The van der Waals surface area contributed by atoms with Crippen LogP contribution in [0.25, 0.3) is 0 Å². The van der Waals surface area contributed by atoms with E-state index in [4.69, 9.17) is 28.4 Å². The van der Waals surface area contributed by atoms with E-state index < -0.39 is 24.3 Å². The molecule has 0 aliphatic carbocycles. The van der Waals surface area contributed by atoms with Gasteiger partial charge in [0.2, 0.25) is 6.29 Å². The van der Waals surface area contributed by atoms with Crippen LogP contribution < -0.4 is 0 Å². The Bertz CT molecular complexity index is 461. The highest BCUT2D eigenvalue weighted by Crippen LogP contribution is 2.40. The number of ether oxygens (including phenoxy) is 6. The fourth-order valence-electron chi connectivity index (χ4n) is 3.11. The molecule has 124 valence electrons. The molecule has 0 aromatic carbocycles. The van der Waals surface area contributed by atoms with Crippen molar-refractivity contribution in [1.82, 2.24) is 0 Å². The maximum absolute atomic E-state index is 11.1. The van der Waals surface area contributed by atoms with Crippen molar-refractivity contribution in [2.24, 2.45) is 0 Å². The van der Waals surface area contributed by atoms with Gasteiger partial charge in [0, 0.05) is 14.0 Å². The molecule has 0 aromatic heterocycles. The third-order valence-electron chi connectivity index (χ3n) is 3.92. The molecule has 6 atom stereocenters. The van der Waals surface area contributed by atoms with Crippen molar-refractivity contribution < 1.29 is 33.2 Å². The Balaban J connectivity index is 1.68. The zero-order chi connectivity index (χ0) is 15.9. The van der Waals surface area contributed by atoms with Gasteiger partial charge in [-0.25, -0.2) is 0 Å². The summed E-state index contributed by atoms with van der Waals surface area (Å²) in [5, 5.41) is 0. The van der Waals surface area contributed by atoms with Gasteiger partial charge in [0.1, 0.15) is 18.3 Å². The molecule has 22 heavy (non-hydrogen) atoms. The average Bonchev–Trinajstić information content (AvgIpc) is 2.89. The third kappa shape index (κ3) is 3.04. The number of esters is 1. The molecule has 1 unspecified atom stereocenters. The van der Waals surface area contributed by atoms with Crippen LogP contribution in [0.3, 0.4) is 0 Å². The van der Waals surface area contributed by atoms with Crippen molar-refractivity contribution in [3.8, 4) is 0 Å². The fraction of sp³-hybridized carbons (Fsp3) is 0.800. The number of hydrogen-bond acceptors (Lipinski definition) is 7. The van der Waals surface area contributed by atoms with Gasteiger partial charge in [0.05, 0.1) is 6.10 Å². The summed E-state index contributed by atoms with van der Waals surface area (Å²) in [6.45, 7) is 5.03. The fourth-order valence-corrected chi connectivity index (χ4v) is 3.11. The molecule has 0 radical (unpaired) electrons. The topological polar surface area (TPSA) is 72.5 Å². The van der Waals surface area contributed by atoms with Crippen molar-refractivity contribution in [1.29, 1.82) is 0 Å². The lowest BCUT2D eigenvalue weighted by Crippen LogP contribution is -2.45. The van der Waals surface area contributed by atoms with Gasteiger partial charge in [-0.05, 0) is 26.3 Å². The van der Waals surface area contributed by atoms with E-state index in [0.717, 1.165) is 0 Å². The van der Waals surface area contributed by atoms with Crippen molar-refractivity contribution in [2.75, 3.05) is 7.11 Å². The minimum Gasteiger partial charge on any atom is -0.432 e. The maximum atomic E-state index is 11.1. The Morgan fingerprint density at radius 1 is 1.23 bits per heavy atom. The molecule has 2 fully saturated rings. The molecule has 0 N–H and O–H groups in total. The van der Waals surface area contributed by atoms with Crippen LogP contribution in [0.4, 0.5) is 0 Å². The monoisotopic (exact) mass is 314 g/mol. The lowest BCUT2D eigenvalue weighted by molar-refractivity contribution is -0.244. The summed E-state index contributed by atoms with van der Waals surface area (Å²) in [6.07, 6.45) is 1.85. The van der Waals surface area contributed by atoms with E-state index >= 15 is 0 Å². The summed E-state index contributed by atoms with van der Waals surface area (Å²) in [4.78, 5) is 11.1. The van der Waals surface area contributed by atoms with Crippen LogP contribution in [0.1, 0.15) is 27.2 Å². The van der Waals surface area contributed by atoms with Crippen molar-refractivity contribution in [3.63, 3.8) is 0 Å². The number of fused-ring (bicyclic) bond motifs is 1. The Kier molecular flexibility index (Phi) is 4.26. The summed E-state index contributed by atoms with van der Waals surface area (Å²) in [5.74, 6) is -1.08. The Morgan fingerprint density at radius 3 is 2.68 bits per heavy atom. The molecule has 7 heteroatoms. The van der Waals surface area contributed by atoms with Crippen LogP contribution in [0, 0.1) is 0 Å². The number of hydrogen-bond donors (Lipinski definition) is 0. The minimum absolute atomic E-state index is 0.291. The number of carbonyl (C=O) groups is 1. The highest BCUT2D eigenvalue weighted by Gasteiger charge is 2.57. The summed E-state index contributed by atoms with van der Waals surface area (Å²) in [7, 11) is 1.61. The number of methoxy groups -OCH3 is 1. The first-order valence-electron chi connectivity index (χ1n) is 7.43. The van der Waals surface area contributed by atoms with Gasteiger partial charge in [-0.3, -0.25) is 4.79 Å². The molecule has 0 bridgehead atoms. The molecule has 0 amide bonds. The highest BCUT2D eigenvalue weighted by atomic mass is 16.8. The minimum atomic E-state index is -0.698. The van der Waals surface area contributed by atoms with Gasteiger partial charge in [-0.2, -0.15) is 0 Å². The van der Waals surface area contributed by atoms with E-state index in [1.807, 2.05) is 19.9 Å². The zero-order valence-corrected chi connectivity index (χ0v) is 13.2. The molecular formula is C15H22O7. The lowest BCUT2D eigenvalue weighted by Gasteiger charge is -2.33. The van der Waals surface area contributed by atoms with Crippen LogP contribution in [0.15, 0.2) is 12.2 Å². The van der Waals surface area contributed by atoms with E-state index in [1.165, 1.54) is 6.92 Å². The van der Waals surface area contributed by atoms with Crippen LogP contribution in [0.5, 0.6) is 0 Å². The zero-order valence-electron chi connectivity index (χ0n) is 13.2. The molecule has 3 aliphatic heterocycles. The second-order valence-electron chi connectivity index (χ2n) is 6.09. The van der Waals surface area contributed by atoms with Crippen molar-refractivity contribution >= 4 is 5.97 Å². The normalized spacial score (nSPS) is 43.1. The second kappa shape index (κ2) is 5.90. The molecule has 7 nitrogen and oxygen atoms in total. The van der Waals surface area contributed by atoms with Crippen molar-refractivity contribution in [2.45, 2.75) is 70.0 Å². The first-order chi connectivity index (χ1) is 10.4. The van der Waals surface area contributed by atoms with Crippen LogP contribution in [-0.4, -0.2) is 55.9 Å². The van der Waals surface area contributed by atoms with E-state index in [2.05, 4.69) is 0 Å². The summed E-state index contributed by atoms with van der Waals surface area (Å²) < 4.78 is 34.0. The van der Waals surface area contributed by atoms with E-state index in [0.29, 0.717) is 6.42 Å². The number of rotatable bonds is 3. The third-order valence-corrected chi connectivity index (χ3v) is 3.92. The Hall–Kier alpha value is -0.990. The van der Waals surface area contributed by atoms with Gasteiger partial charge in [0.25, 0.3) is 0 Å². The SMILES string of the molecule is CO[C@@H]1[C@H]2OC(C)(C)O[C@H]2O[C@@H]1[C@H]1CC=CC(OC(C)=O)O1. The molecule has 3 aliphatic rings. The number of carbonyl (C=O) groups excluding carboxylic acids is 1. The van der Waals surface area contributed by atoms with Gasteiger partial charge >= 0.3 is 5.97 Å². The first-order valence-corrected chi connectivity index (χ1v) is 7.43. The quantitative estimate of drug-likeness (QED) is 0.571. The molecule has 0 aromatic rings. The molecular weight excluding hydrogens is 292 g/mol. The summed E-state index contributed by atoms with van der Waals surface area (Å²) in [5.41, 5.74) is 0. The second-order valence-corrected chi connectivity index (χ2v) is 6.09. The van der Waals surface area contributed by atoms with Gasteiger partial charge in [0.15, 0.2) is 12.1 Å². The molecule has 3 heterocycles. The van der Waals surface area contributed by atoms with E-state index in [-0.39, 0.29) is 24.4 Å². The first kappa shape index (κ1) is 15.9. The maximum Gasteiger partial charge on any atom is 0.305 e. The van der Waals surface area contributed by atoms with Crippen molar-refractivity contribution in [3.05, 3.63) is 12.2 Å². The average molecular weight is 314 g/mol. The molecule has 2 saturated heterocycles. The van der Waals surface area contributed by atoms with Gasteiger partial charge in [-0.1, -0.05) is 6.08 Å². The standard InChI is InChI=1S/C15H22O7/c1-8(16)18-10-7-5-6-9(19-10)11-12(17-4)13-14(20-11)22-15(2,3)21-13/h5,7,9-14H,6H2,1-4H3/t9-,10?,11-,12+,13-,14-/m1/s1. The molecule has 0 spiro atoms. The van der Waals surface area contributed by atoms with Crippen LogP contribution >= 0.6 is 0 Å². The largest absolute Gasteiger partial charge is 0.432 e. The predicted molar refractivity (Wildman–Crippen MR) is 73.7 cm³/mol. The Morgan fingerprint density at radius 2 is 2.00 bits per heavy atom. The van der Waals surface area contributed by atoms with Crippen LogP contribution in [-0.2, 0) is 33.2 Å². The summed E-state index contributed by atoms with van der Waals surface area (Å²) >= 11 is 0. The lowest BCUT2D eigenvalue weighted by atomic mass is 10.0. The van der Waals surface area contributed by atoms with Gasteiger partial charge < -0.3 is 28.4 Å². The Labute approximate surface area is 129 Å². The summed E-state index contributed by atoms with van der Waals surface area (Å²) in [6, 6.07) is 0. The smallest absolute Gasteiger partial charge is 0.305 e. The van der Waals surface area contributed by atoms with E-state index in [1.54, 1.807) is 13.2 Å².